The molecule has 0 aromatic heterocycles. The largest absolute Gasteiger partial charge is 0.493 e. The van der Waals surface area contributed by atoms with Crippen LogP contribution in [0.1, 0.15) is 37.8 Å². The fraction of sp³-hybridized carbons (Fsp3) is 0.471. The number of carbonyl (C=O) groups is 1. The zero-order valence-electron chi connectivity index (χ0n) is 13.0. The fourth-order valence-corrected chi connectivity index (χ4v) is 2.18. The minimum Gasteiger partial charge on any atom is -0.493 e. The van der Waals surface area contributed by atoms with E-state index in [1.54, 1.807) is 6.08 Å². The normalized spacial score (nSPS) is 10.2. The molecule has 0 saturated heterocycles. The molecule has 1 aromatic carbocycles. The van der Waals surface area contributed by atoms with Crippen molar-refractivity contribution >= 4 is 29.5 Å². The van der Waals surface area contributed by atoms with Crippen LogP contribution >= 0.6 is 23.2 Å². The van der Waals surface area contributed by atoms with Crippen molar-refractivity contribution in [2.24, 2.45) is 0 Å². The van der Waals surface area contributed by atoms with Crippen LogP contribution in [-0.4, -0.2) is 19.5 Å². The predicted octanol–water partition coefficient (Wildman–Crippen LogP) is 4.87. The molecule has 0 bridgehead atoms. The molecule has 0 saturated carbocycles. The van der Waals surface area contributed by atoms with E-state index in [2.05, 4.69) is 13.8 Å². The second kappa shape index (κ2) is 10.5. The first-order chi connectivity index (χ1) is 10.6. The Labute approximate surface area is 142 Å². The summed E-state index contributed by atoms with van der Waals surface area (Å²) in [5.74, 6) is 1.69. The standard InChI is InChI=1S/C17H22Cl2O3/c1-3-13-11-15(21-10-7-16(18)19)12-14(4-2)17(13)22-9-6-5-8-20/h7-8,11-12H,3-6,9-10H2,1-2H3. The van der Waals surface area contributed by atoms with Gasteiger partial charge < -0.3 is 14.3 Å². The highest BCUT2D eigenvalue weighted by Crippen LogP contribution is 2.31. The highest BCUT2D eigenvalue weighted by atomic mass is 35.5. The number of unbranched alkanes of at least 4 members (excludes halogenated alkanes) is 1. The van der Waals surface area contributed by atoms with Gasteiger partial charge in [-0.1, -0.05) is 37.0 Å². The van der Waals surface area contributed by atoms with Gasteiger partial charge in [-0.15, -0.1) is 0 Å². The van der Waals surface area contributed by atoms with E-state index in [4.69, 9.17) is 32.7 Å². The van der Waals surface area contributed by atoms with E-state index in [0.29, 0.717) is 19.6 Å². The topological polar surface area (TPSA) is 35.5 Å². The highest BCUT2D eigenvalue weighted by Gasteiger charge is 2.11. The first-order valence-electron chi connectivity index (χ1n) is 7.48. The molecule has 0 heterocycles. The van der Waals surface area contributed by atoms with Gasteiger partial charge in [-0.3, -0.25) is 0 Å². The lowest BCUT2D eigenvalue weighted by Crippen LogP contribution is -2.05. The summed E-state index contributed by atoms with van der Waals surface area (Å²) in [7, 11) is 0. The zero-order valence-corrected chi connectivity index (χ0v) is 14.5. The van der Waals surface area contributed by atoms with E-state index in [1.807, 2.05) is 12.1 Å². The molecule has 0 unspecified atom stereocenters. The van der Waals surface area contributed by atoms with Gasteiger partial charge in [0.2, 0.25) is 0 Å². The molecular weight excluding hydrogens is 323 g/mol. The number of halogens is 2. The smallest absolute Gasteiger partial charge is 0.125 e. The van der Waals surface area contributed by atoms with Gasteiger partial charge in [0.15, 0.2) is 0 Å². The second-order valence-electron chi connectivity index (χ2n) is 4.74. The van der Waals surface area contributed by atoms with Crippen LogP contribution in [0.15, 0.2) is 22.7 Å². The molecular formula is C17H22Cl2O3. The molecule has 0 N–H and O–H groups in total. The number of hydrogen-bond acceptors (Lipinski definition) is 3. The van der Waals surface area contributed by atoms with Gasteiger partial charge in [0, 0.05) is 6.42 Å². The zero-order chi connectivity index (χ0) is 16.4. The van der Waals surface area contributed by atoms with Crippen molar-refractivity contribution in [3.05, 3.63) is 33.8 Å². The van der Waals surface area contributed by atoms with Crippen molar-refractivity contribution in [2.45, 2.75) is 39.5 Å². The number of ether oxygens (including phenoxy) is 2. The van der Waals surface area contributed by atoms with Gasteiger partial charge in [0.05, 0.1) is 6.61 Å². The SMILES string of the molecule is CCc1cc(OCC=C(Cl)Cl)cc(CC)c1OCCCC=O. The minimum atomic E-state index is 0.196. The van der Waals surface area contributed by atoms with E-state index < -0.39 is 0 Å². The highest BCUT2D eigenvalue weighted by molar-refractivity contribution is 6.55. The molecule has 1 aromatic rings. The third-order valence-electron chi connectivity index (χ3n) is 3.18. The van der Waals surface area contributed by atoms with Crippen molar-refractivity contribution in [3.8, 4) is 11.5 Å². The Morgan fingerprint density at radius 1 is 1.14 bits per heavy atom. The molecule has 0 radical (unpaired) electrons. The van der Waals surface area contributed by atoms with Crippen LogP contribution in [0, 0.1) is 0 Å². The Balaban J connectivity index is 2.87. The third kappa shape index (κ3) is 6.29. The number of rotatable bonds is 10. The molecule has 1 rings (SSSR count). The molecule has 0 atom stereocenters. The number of hydrogen-bond donors (Lipinski definition) is 0. The summed E-state index contributed by atoms with van der Waals surface area (Å²) < 4.78 is 11.7. The van der Waals surface area contributed by atoms with E-state index in [9.17, 15) is 4.79 Å². The molecule has 0 aliphatic heterocycles. The van der Waals surface area contributed by atoms with Crippen molar-refractivity contribution in [3.63, 3.8) is 0 Å². The predicted molar refractivity (Wildman–Crippen MR) is 91.3 cm³/mol. The summed E-state index contributed by atoms with van der Waals surface area (Å²) >= 11 is 11.1. The summed E-state index contributed by atoms with van der Waals surface area (Å²) in [5.41, 5.74) is 2.20. The van der Waals surface area contributed by atoms with Crippen LogP contribution in [-0.2, 0) is 17.6 Å². The monoisotopic (exact) mass is 344 g/mol. The Morgan fingerprint density at radius 2 is 1.77 bits per heavy atom. The average molecular weight is 345 g/mol. The van der Waals surface area contributed by atoms with Gasteiger partial charge in [0.25, 0.3) is 0 Å². The molecule has 0 amide bonds. The van der Waals surface area contributed by atoms with Crippen molar-refractivity contribution < 1.29 is 14.3 Å². The molecule has 3 nitrogen and oxygen atoms in total. The molecule has 0 aliphatic rings. The fourth-order valence-electron chi connectivity index (χ4n) is 2.06. The molecule has 0 spiro atoms. The second-order valence-corrected chi connectivity index (χ2v) is 5.75. The first-order valence-corrected chi connectivity index (χ1v) is 8.24. The van der Waals surface area contributed by atoms with Crippen molar-refractivity contribution in [1.82, 2.24) is 0 Å². The maximum atomic E-state index is 10.4. The van der Waals surface area contributed by atoms with Crippen molar-refractivity contribution in [2.75, 3.05) is 13.2 Å². The minimum absolute atomic E-state index is 0.196. The van der Waals surface area contributed by atoms with Gasteiger partial charge >= 0.3 is 0 Å². The lowest BCUT2D eigenvalue weighted by atomic mass is 10.0. The first kappa shape index (κ1) is 18.9. The lowest BCUT2D eigenvalue weighted by Gasteiger charge is -2.16. The van der Waals surface area contributed by atoms with Crippen LogP contribution < -0.4 is 9.47 Å². The maximum absolute atomic E-state index is 10.4. The van der Waals surface area contributed by atoms with Crippen LogP contribution in [0.3, 0.4) is 0 Å². The van der Waals surface area contributed by atoms with Crippen molar-refractivity contribution in [1.29, 1.82) is 0 Å². The Hall–Kier alpha value is -1.19. The Morgan fingerprint density at radius 3 is 2.27 bits per heavy atom. The van der Waals surface area contributed by atoms with Gasteiger partial charge in [-0.2, -0.15) is 0 Å². The van der Waals surface area contributed by atoms with Gasteiger partial charge in [-0.25, -0.2) is 0 Å². The van der Waals surface area contributed by atoms with Crippen LogP contribution in [0.4, 0.5) is 0 Å². The lowest BCUT2D eigenvalue weighted by molar-refractivity contribution is -0.108. The molecule has 122 valence electrons. The molecule has 5 heteroatoms. The van der Waals surface area contributed by atoms with Crippen LogP contribution in [0.25, 0.3) is 0 Å². The number of carbonyl (C=O) groups excluding carboxylic acids is 1. The summed E-state index contributed by atoms with van der Waals surface area (Å²) in [6.07, 6.45) is 5.46. The summed E-state index contributed by atoms with van der Waals surface area (Å²) in [6, 6.07) is 3.95. The van der Waals surface area contributed by atoms with Crippen LogP contribution in [0.5, 0.6) is 11.5 Å². The van der Waals surface area contributed by atoms with E-state index in [0.717, 1.165) is 48.2 Å². The quantitative estimate of drug-likeness (QED) is 0.448. The third-order valence-corrected chi connectivity index (χ3v) is 3.49. The summed E-state index contributed by atoms with van der Waals surface area (Å²) in [4.78, 5) is 10.4. The van der Waals surface area contributed by atoms with Crippen LogP contribution in [0.2, 0.25) is 0 Å². The number of aryl methyl sites for hydroxylation is 2. The molecule has 22 heavy (non-hydrogen) atoms. The Kier molecular flexibility index (Phi) is 9.02. The maximum Gasteiger partial charge on any atom is 0.125 e. The summed E-state index contributed by atoms with van der Waals surface area (Å²) in [5, 5.41) is 0. The summed E-state index contributed by atoms with van der Waals surface area (Å²) in [6.45, 7) is 5.02. The average Bonchev–Trinajstić information content (AvgIpc) is 2.51. The van der Waals surface area contributed by atoms with Gasteiger partial charge in [-0.05, 0) is 48.6 Å². The van der Waals surface area contributed by atoms with E-state index in [1.165, 1.54) is 0 Å². The number of aldehydes is 1. The molecule has 0 aliphatic carbocycles. The number of benzene rings is 1. The van der Waals surface area contributed by atoms with E-state index in [-0.39, 0.29) is 4.49 Å². The molecule has 0 fully saturated rings. The van der Waals surface area contributed by atoms with Gasteiger partial charge in [0.1, 0.15) is 28.9 Å². The van der Waals surface area contributed by atoms with E-state index >= 15 is 0 Å². The Bertz CT molecular complexity index is 484.